The van der Waals surface area contributed by atoms with Gasteiger partial charge >= 0.3 is 6.67 Å². The molecule has 3 rings (SSSR count). The molecule has 2 aliphatic rings. The number of halogens is 1. The zero-order chi connectivity index (χ0) is 12.8. The van der Waals surface area contributed by atoms with Crippen molar-refractivity contribution in [2.24, 2.45) is 0 Å². The van der Waals surface area contributed by atoms with Crippen molar-refractivity contribution in [1.29, 1.82) is 0 Å². The molecule has 2 aliphatic heterocycles. The highest BCUT2D eigenvalue weighted by Crippen LogP contribution is 2.47. The van der Waals surface area contributed by atoms with Crippen molar-refractivity contribution in [2.45, 2.75) is 25.6 Å². The normalized spacial score (nSPS) is 33.2. The summed E-state index contributed by atoms with van der Waals surface area (Å²) in [7, 11) is 0. The minimum absolute atomic E-state index is 0.0952. The van der Waals surface area contributed by atoms with E-state index in [1.54, 1.807) is 6.07 Å². The van der Waals surface area contributed by atoms with E-state index in [2.05, 4.69) is 9.99 Å². The molecule has 0 bridgehead atoms. The van der Waals surface area contributed by atoms with Crippen molar-refractivity contribution >= 4 is 0 Å². The largest absolute Gasteiger partial charge is 0.347 e. The summed E-state index contributed by atoms with van der Waals surface area (Å²) in [6, 6.07) is 2.95. The lowest BCUT2D eigenvalue weighted by atomic mass is 10.2. The molecule has 3 atom stereocenters. The molecule has 0 radical (unpaired) electrons. The van der Waals surface area contributed by atoms with Crippen LogP contribution in [0.15, 0.2) is 18.3 Å². The number of nitro groups is 1. The van der Waals surface area contributed by atoms with Crippen molar-refractivity contribution in [3.63, 3.8) is 0 Å². The number of nitrogens with zero attached hydrogens (tertiary/aromatic N) is 4. The predicted octanol–water partition coefficient (Wildman–Crippen LogP) is 1.12. The van der Waals surface area contributed by atoms with Crippen LogP contribution in [0, 0.1) is 16.1 Å². The van der Waals surface area contributed by atoms with Gasteiger partial charge in [0.25, 0.3) is 0 Å². The lowest BCUT2D eigenvalue weighted by molar-refractivity contribution is -0.962. The fourth-order valence-electron chi connectivity index (χ4n) is 3.06. The number of fused-ring (bicyclic) bond motifs is 1. The van der Waals surface area contributed by atoms with Crippen LogP contribution in [0.5, 0.6) is 0 Å². The Morgan fingerprint density at radius 3 is 3.00 bits per heavy atom. The minimum Gasteiger partial charge on any atom is -0.259 e. The third-order valence-electron chi connectivity index (χ3n) is 3.81. The molecular weight excluding hydrogens is 239 g/mol. The smallest absolute Gasteiger partial charge is 0.259 e. The third-order valence-corrected chi connectivity index (χ3v) is 3.81. The molecule has 0 spiro atoms. The van der Waals surface area contributed by atoms with Gasteiger partial charge in [-0.2, -0.15) is 8.98 Å². The topological polar surface area (TPSA) is 59.0 Å². The van der Waals surface area contributed by atoms with Gasteiger partial charge in [0.2, 0.25) is 12.1 Å². The van der Waals surface area contributed by atoms with E-state index in [0.29, 0.717) is 11.1 Å². The van der Waals surface area contributed by atoms with E-state index in [0.717, 1.165) is 24.9 Å². The number of aromatic nitrogens is 1. The first kappa shape index (κ1) is 11.5. The first-order chi connectivity index (χ1) is 8.62. The van der Waals surface area contributed by atoms with E-state index in [1.165, 1.54) is 12.3 Å². The van der Waals surface area contributed by atoms with Crippen LogP contribution in [0.4, 0.5) is 4.39 Å². The lowest BCUT2D eigenvalue weighted by Gasteiger charge is -2.16. The second kappa shape index (κ2) is 3.96. The Labute approximate surface area is 103 Å². The van der Waals surface area contributed by atoms with E-state index >= 15 is 0 Å². The summed E-state index contributed by atoms with van der Waals surface area (Å²) in [4.78, 5) is 14.1. The molecule has 0 aromatic carbocycles. The molecule has 0 aliphatic carbocycles. The Morgan fingerprint density at radius 1 is 1.61 bits per heavy atom. The molecule has 2 fully saturated rings. The molecule has 0 saturated carbocycles. The highest BCUT2D eigenvalue weighted by Gasteiger charge is 2.69. The van der Waals surface area contributed by atoms with Gasteiger partial charge in [0.1, 0.15) is 6.54 Å². The number of hydrogen-bond donors (Lipinski definition) is 0. The third kappa shape index (κ3) is 1.75. The molecule has 2 saturated heterocycles. The lowest BCUT2D eigenvalue weighted by Crippen LogP contribution is -2.38. The van der Waals surface area contributed by atoms with Gasteiger partial charge in [0, 0.05) is 18.2 Å². The molecular formula is C11H14FN4O2+. The van der Waals surface area contributed by atoms with E-state index in [4.69, 9.17) is 0 Å². The molecule has 0 amide bonds. The molecule has 6 nitrogen and oxygen atoms in total. The molecule has 96 valence electrons. The minimum atomic E-state index is -0.522. The number of rotatable bonds is 4. The monoisotopic (exact) mass is 253 g/mol. The average Bonchev–Trinajstić information content (AvgIpc) is 2.74. The molecule has 18 heavy (non-hydrogen) atoms. The summed E-state index contributed by atoms with van der Waals surface area (Å²) in [6.45, 7) is 1.34. The Hall–Kier alpha value is -1.60. The highest BCUT2D eigenvalue weighted by atomic mass is 19.1. The van der Waals surface area contributed by atoms with Gasteiger partial charge in [-0.25, -0.2) is 4.98 Å². The van der Waals surface area contributed by atoms with Crippen LogP contribution < -0.4 is 0 Å². The Bertz CT molecular complexity index is 468. The molecule has 3 unspecified atom stereocenters. The molecule has 1 aromatic rings. The van der Waals surface area contributed by atoms with E-state index in [-0.39, 0.29) is 17.8 Å². The van der Waals surface area contributed by atoms with Crippen LogP contribution in [0.25, 0.3) is 0 Å². The fourth-order valence-corrected chi connectivity index (χ4v) is 3.06. The number of quaternary nitrogens is 1. The van der Waals surface area contributed by atoms with Gasteiger partial charge in [-0.3, -0.25) is 10.1 Å². The summed E-state index contributed by atoms with van der Waals surface area (Å²) in [6.07, 6.45) is 3.83. The molecule has 3 heterocycles. The van der Waals surface area contributed by atoms with Crippen LogP contribution in [-0.2, 0) is 6.54 Å². The van der Waals surface area contributed by atoms with Gasteiger partial charge in [-0.1, -0.05) is 5.01 Å². The van der Waals surface area contributed by atoms with Gasteiger partial charge < -0.3 is 0 Å². The maximum absolute atomic E-state index is 12.7. The van der Waals surface area contributed by atoms with Gasteiger partial charge in [-0.15, -0.1) is 0 Å². The van der Waals surface area contributed by atoms with Gasteiger partial charge in [-0.05, 0) is 18.6 Å². The van der Waals surface area contributed by atoms with Gasteiger partial charge in [0.05, 0.1) is 11.5 Å². The zero-order valence-electron chi connectivity index (χ0n) is 9.83. The maximum atomic E-state index is 12.7. The van der Waals surface area contributed by atoms with Crippen LogP contribution in [0.1, 0.15) is 18.4 Å². The fraction of sp³-hybridized carbons (Fsp3) is 0.545. The highest BCUT2D eigenvalue weighted by molar-refractivity contribution is 5.08. The van der Waals surface area contributed by atoms with E-state index < -0.39 is 5.95 Å². The quantitative estimate of drug-likeness (QED) is 0.265. The van der Waals surface area contributed by atoms with Gasteiger partial charge in [0.15, 0.2) is 0 Å². The van der Waals surface area contributed by atoms with Crippen molar-refractivity contribution in [3.8, 4) is 0 Å². The summed E-state index contributed by atoms with van der Waals surface area (Å²) in [5, 5.41) is 13.0. The van der Waals surface area contributed by atoms with Crippen LogP contribution >= 0.6 is 0 Å². The molecule has 7 heteroatoms. The van der Waals surface area contributed by atoms with Crippen molar-refractivity contribution in [1.82, 2.24) is 9.99 Å². The first-order valence-electron chi connectivity index (χ1n) is 5.98. The van der Waals surface area contributed by atoms with Crippen molar-refractivity contribution in [2.75, 3.05) is 13.2 Å². The molecule has 1 aromatic heterocycles. The Morgan fingerprint density at radius 2 is 2.44 bits per heavy atom. The summed E-state index contributed by atoms with van der Waals surface area (Å²) in [5.41, 5.74) is 0.840. The zero-order valence-corrected chi connectivity index (χ0v) is 9.83. The maximum Gasteiger partial charge on any atom is 0.347 e. The molecule has 0 N–H and O–H groups in total. The number of pyridine rings is 1. The van der Waals surface area contributed by atoms with E-state index in [1.807, 2.05) is 0 Å². The second-order valence-electron chi connectivity index (χ2n) is 4.89. The van der Waals surface area contributed by atoms with Crippen molar-refractivity contribution in [3.05, 3.63) is 40.0 Å². The van der Waals surface area contributed by atoms with E-state index in [9.17, 15) is 14.5 Å². The predicted molar refractivity (Wildman–Crippen MR) is 59.7 cm³/mol. The average molecular weight is 253 g/mol. The van der Waals surface area contributed by atoms with Crippen LogP contribution in [0.2, 0.25) is 0 Å². The Kier molecular flexibility index (Phi) is 2.53. The van der Waals surface area contributed by atoms with Crippen LogP contribution in [0.3, 0.4) is 0 Å². The first-order valence-corrected chi connectivity index (χ1v) is 5.98. The standard InChI is InChI=1S/C11H14FN4O2/c12-10-4-3-9(6-13-10)7-16(8-15(17)18)11-2-1-5-14(11)16/h3-4,6,11H,1-2,5,7-8H2/q+1. The SMILES string of the molecule is O=[N+]([O-])C[N+]1(Cc2ccc(F)nc2)C2CCCN21. The summed E-state index contributed by atoms with van der Waals surface area (Å²) < 4.78 is 13.1. The summed E-state index contributed by atoms with van der Waals surface area (Å²) >= 11 is 0. The number of hydrogen-bond acceptors (Lipinski definition) is 4. The second-order valence-corrected chi connectivity index (χ2v) is 4.89. The Balaban J connectivity index is 1.79. The summed E-state index contributed by atoms with van der Waals surface area (Å²) in [5.74, 6) is -0.522. The van der Waals surface area contributed by atoms with Crippen molar-refractivity contribution < 1.29 is 13.9 Å². The van der Waals surface area contributed by atoms with Crippen LogP contribution in [-0.4, -0.2) is 38.9 Å².